The van der Waals surface area contributed by atoms with Gasteiger partial charge in [-0.2, -0.15) is 0 Å². The highest BCUT2D eigenvalue weighted by Gasteiger charge is 2.15. The van der Waals surface area contributed by atoms with Crippen LogP contribution in [0, 0.1) is 0 Å². The quantitative estimate of drug-likeness (QED) is 0.629. The number of pyridine rings is 1. The minimum absolute atomic E-state index is 0.121. The molecule has 0 N–H and O–H groups in total. The smallest absolute Gasteiger partial charge is 0.194 e. The molecule has 0 saturated carbocycles. The molecular formula is C15H12ClNO3. The molecule has 0 fully saturated rings. The van der Waals surface area contributed by atoms with Gasteiger partial charge in [0, 0.05) is 23.7 Å². The molecule has 102 valence electrons. The van der Waals surface area contributed by atoms with E-state index in [4.69, 9.17) is 21.1 Å². The van der Waals surface area contributed by atoms with Crippen LogP contribution in [0.25, 0.3) is 0 Å². The summed E-state index contributed by atoms with van der Waals surface area (Å²) < 4.78 is 11.1. The molecule has 5 heteroatoms. The van der Waals surface area contributed by atoms with Gasteiger partial charge in [-0.25, -0.2) is 4.98 Å². The molecule has 0 saturated heterocycles. The first kappa shape index (κ1) is 12.9. The lowest BCUT2D eigenvalue weighted by molar-refractivity contribution is 0.103. The second-order valence-electron chi connectivity index (χ2n) is 4.41. The molecule has 2 aromatic rings. The molecule has 3 rings (SSSR count). The second kappa shape index (κ2) is 5.51. The van der Waals surface area contributed by atoms with Crippen molar-refractivity contribution in [2.45, 2.75) is 6.42 Å². The lowest BCUT2D eigenvalue weighted by Crippen LogP contribution is -2.03. The van der Waals surface area contributed by atoms with Crippen molar-refractivity contribution in [1.29, 1.82) is 0 Å². The minimum Gasteiger partial charge on any atom is -0.490 e. The van der Waals surface area contributed by atoms with Crippen LogP contribution in [-0.2, 0) is 0 Å². The van der Waals surface area contributed by atoms with Crippen LogP contribution in [0.5, 0.6) is 11.5 Å². The maximum Gasteiger partial charge on any atom is 0.194 e. The van der Waals surface area contributed by atoms with Gasteiger partial charge in [0.05, 0.1) is 13.2 Å². The highest BCUT2D eigenvalue weighted by Crippen LogP contribution is 2.31. The van der Waals surface area contributed by atoms with Crippen LogP contribution in [-0.4, -0.2) is 24.0 Å². The lowest BCUT2D eigenvalue weighted by atomic mass is 10.0. The van der Waals surface area contributed by atoms with Crippen molar-refractivity contribution in [2.24, 2.45) is 0 Å². The summed E-state index contributed by atoms with van der Waals surface area (Å²) in [5.41, 5.74) is 1.03. The summed E-state index contributed by atoms with van der Waals surface area (Å²) >= 11 is 5.72. The average molecular weight is 290 g/mol. The van der Waals surface area contributed by atoms with E-state index in [-0.39, 0.29) is 5.78 Å². The Bertz CT molecular complexity index is 640. The zero-order chi connectivity index (χ0) is 13.9. The second-order valence-corrected chi connectivity index (χ2v) is 4.80. The van der Waals surface area contributed by atoms with Crippen LogP contribution in [0.1, 0.15) is 22.3 Å². The third kappa shape index (κ3) is 2.60. The van der Waals surface area contributed by atoms with E-state index in [9.17, 15) is 4.79 Å². The van der Waals surface area contributed by atoms with E-state index in [1.165, 1.54) is 6.20 Å². The molecule has 0 unspecified atom stereocenters. The van der Waals surface area contributed by atoms with Crippen LogP contribution in [0.15, 0.2) is 36.5 Å². The van der Waals surface area contributed by atoms with Gasteiger partial charge in [-0.05, 0) is 30.3 Å². The fraction of sp³-hybridized carbons (Fsp3) is 0.200. The molecule has 0 amide bonds. The van der Waals surface area contributed by atoms with Gasteiger partial charge in [0.15, 0.2) is 17.3 Å². The third-order valence-electron chi connectivity index (χ3n) is 3.00. The molecule has 0 spiro atoms. The molecular weight excluding hydrogens is 278 g/mol. The Kier molecular flexibility index (Phi) is 3.56. The van der Waals surface area contributed by atoms with E-state index in [0.717, 1.165) is 6.42 Å². The number of fused-ring (bicyclic) bond motifs is 1. The zero-order valence-electron chi connectivity index (χ0n) is 10.6. The van der Waals surface area contributed by atoms with E-state index in [1.54, 1.807) is 30.3 Å². The maximum atomic E-state index is 12.3. The van der Waals surface area contributed by atoms with Crippen LogP contribution in [0.2, 0.25) is 5.15 Å². The van der Waals surface area contributed by atoms with Gasteiger partial charge in [-0.15, -0.1) is 0 Å². The van der Waals surface area contributed by atoms with Gasteiger partial charge >= 0.3 is 0 Å². The first-order valence-electron chi connectivity index (χ1n) is 6.30. The van der Waals surface area contributed by atoms with Crippen LogP contribution < -0.4 is 9.47 Å². The Hall–Kier alpha value is -2.07. The van der Waals surface area contributed by atoms with Gasteiger partial charge in [0.2, 0.25) is 0 Å². The Morgan fingerprint density at radius 3 is 2.55 bits per heavy atom. The SMILES string of the molecule is O=C(c1ccc(Cl)nc1)c1ccc2c(c1)OCCCO2. The fourth-order valence-corrected chi connectivity index (χ4v) is 2.09. The number of benzene rings is 1. The number of halogens is 1. The Morgan fingerprint density at radius 1 is 1.05 bits per heavy atom. The van der Waals surface area contributed by atoms with Crippen LogP contribution in [0.3, 0.4) is 0 Å². The van der Waals surface area contributed by atoms with Crippen molar-refractivity contribution < 1.29 is 14.3 Å². The Morgan fingerprint density at radius 2 is 1.80 bits per heavy atom. The zero-order valence-corrected chi connectivity index (χ0v) is 11.4. The lowest BCUT2D eigenvalue weighted by Gasteiger charge is -2.08. The fourth-order valence-electron chi connectivity index (χ4n) is 1.98. The van der Waals surface area contributed by atoms with Crippen molar-refractivity contribution in [1.82, 2.24) is 4.98 Å². The van der Waals surface area contributed by atoms with Crippen molar-refractivity contribution >= 4 is 17.4 Å². The van der Waals surface area contributed by atoms with Gasteiger partial charge in [-0.3, -0.25) is 4.79 Å². The number of ketones is 1. The van der Waals surface area contributed by atoms with Crippen molar-refractivity contribution in [2.75, 3.05) is 13.2 Å². The summed E-state index contributed by atoms with van der Waals surface area (Å²) in [6.45, 7) is 1.22. The number of carbonyl (C=O) groups excluding carboxylic acids is 1. The number of hydrogen-bond acceptors (Lipinski definition) is 4. The number of aromatic nitrogens is 1. The molecule has 0 aliphatic carbocycles. The van der Waals surface area contributed by atoms with Crippen molar-refractivity contribution in [3.63, 3.8) is 0 Å². The number of carbonyl (C=O) groups is 1. The largest absolute Gasteiger partial charge is 0.490 e. The Labute approximate surface area is 121 Å². The average Bonchev–Trinajstić information content (AvgIpc) is 2.71. The van der Waals surface area contributed by atoms with Crippen molar-refractivity contribution in [3.05, 3.63) is 52.8 Å². The van der Waals surface area contributed by atoms with Crippen molar-refractivity contribution in [3.8, 4) is 11.5 Å². The van der Waals surface area contributed by atoms with Gasteiger partial charge < -0.3 is 9.47 Å². The predicted octanol–water partition coefficient (Wildman–Crippen LogP) is 3.13. The molecule has 1 aromatic heterocycles. The van der Waals surface area contributed by atoms with E-state index in [2.05, 4.69) is 4.98 Å². The molecule has 0 radical (unpaired) electrons. The predicted molar refractivity (Wildman–Crippen MR) is 74.7 cm³/mol. The van der Waals surface area contributed by atoms with E-state index in [1.807, 2.05) is 0 Å². The first-order chi connectivity index (χ1) is 9.74. The van der Waals surface area contributed by atoms with E-state index < -0.39 is 0 Å². The monoisotopic (exact) mass is 289 g/mol. The van der Waals surface area contributed by atoms with Crippen LogP contribution >= 0.6 is 11.6 Å². The first-order valence-corrected chi connectivity index (χ1v) is 6.68. The molecule has 1 aromatic carbocycles. The molecule has 20 heavy (non-hydrogen) atoms. The maximum absolute atomic E-state index is 12.3. The normalized spacial score (nSPS) is 13.7. The highest BCUT2D eigenvalue weighted by atomic mass is 35.5. The number of nitrogens with zero attached hydrogens (tertiary/aromatic N) is 1. The molecule has 1 aliphatic rings. The molecule has 2 heterocycles. The summed E-state index contributed by atoms with van der Waals surface area (Å²) in [4.78, 5) is 16.3. The summed E-state index contributed by atoms with van der Waals surface area (Å²) in [6.07, 6.45) is 2.30. The van der Waals surface area contributed by atoms with Gasteiger partial charge in [0.1, 0.15) is 5.15 Å². The number of rotatable bonds is 2. The molecule has 0 atom stereocenters. The van der Waals surface area contributed by atoms with E-state index >= 15 is 0 Å². The molecule has 4 nitrogen and oxygen atoms in total. The number of hydrogen-bond donors (Lipinski definition) is 0. The summed E-state index contributed by atoms with van der Waals surface area (Å²) in [6, 6.07) is 8.44. The Balaban J connectivity index is 1.92. The van der Waals surface area contributed by atoms with Crippen LogP contribution in [0.4, 0.5) is 0 Å². The molecule has 0 bridgehead atoms. The van der Waals surface area contributed by atoms with Gasteiger partial charge in [0.25, 0.3) is 0 Å². The third-order valence-corrected chi connectivity index (χ3v) is 3.22. The van der Waals surface area contributed by atoms with Gasteiger partial charge in [-0.1, -0.05) is 11.6 Å². The summed E-state index contributed by atoms with van der Waals surface area (Å²) in [7, 11) is 0. The topological polar surface area (TPSA) is 48.4 Å². The summed E-state index contributed by atoms with van der Waals surface area (Å²) in [5.74, 6) is 1.16. The summed E-state index contributed by atoms with van der Waals surface area (Å²) in [5, 5.41) is 0.361. The van der Waals surface area contributed by atoms with E-state index in [0.29, 0.717) is 41.0 Å². The molecule has 1 aliphatic heterocycles. The standard InChI is InChI=1S/C15H12ClNO3/c16-14-5-3-11(9-17-14)15(18)10-2-4-12-13(8-10)20-7-1-6-19-12/h2-5,8-9H,1,6-7H2. The number of ether oxygens (including phenoxy) is 2. The highest BCUT2D eigenvalue weighted by molar-refractivity contribution is 6.29. The minimum atomic E-state index is -0.121.